The minimum Gasteiger partial charge on any atom is -0.299 e. The van der Waals surface area contributed by atoms with Crippen LogP contribution in [0.25, 0.3) is 0 Å². The number of carbonyl (C=O) groups excluding carboxylic acids is 1. The van der Waals surface area contributed by atoms with Crippen LogP contribution in [0.15, 0.2) is 0 Å². The minimum atomic E-state index is 0.367. The highest BCUT2D eigenvalue weighted by Gasteiger charge is 2.19. The number of Topliss-reactive ketones (excluding diaryl/α,β-unsaturated/α-hetero) is 1. The van der Waals surface area contributed by atoms with Crippen molar-refractivity contribution < 1.29 is 4.79 Å². The summed E-state index contributed by atoms with van der Waals surface area (Å²) in [5.41, 5.74) is 0. The van der Waals surface area contributed by atoms with Crippen molar-refractivity contribution in [3.8, 4) is 11.8 Å². The van der Waals surface area contributed by atoms with Crippen molar-refractivity contribution in [1.29, 1.82) is 0 Å². The molecule has 0 aromatic rings. The molecule has 0 radical (unpaired) electrons. The lowest BCUT2D eigenvalue weighted by molar-refractivity contribution is -0.123. The molecular formula is C15H24O. The molecule has 0 unspecified atom stereocenters. The Bertz CT molecular complexity index is 250. The second-order valence-electron chi connectivity index (χ2n) is 4.76. The molecule has 1 heteroatoms. The molecule has 0 aromatic heterocycles. The van der Waals surface area contributed by atoms with Gasteiger partial charge in [-0.25, -0.2) is 0 Å². The van der Waals surface area contributed by atoms with Gasteiger partial charge in [-0.1, -0.05) is 32.6 Å². The predicted molar refractivity (Wildman–Crippen MR) is 68.1 cm³/mol. The van der Waals surface area contributed by atoms with Gasteiger partial charge in [-0.3, -0.25) is 4.79 Å². The second-order valence-corrected chi connectivity index (χ2v) is 4.76. The van der Waals surface area contributed by atoms with E-state index >= 15 is 0 Å². The summed E-state index contributed by atoms with van der Waals surface area (Å²) >= 11 is 0. The first-order valence-corrected chi connectivity index (χ1v) is 6.83. The molecule has 16 heavy (non-hydrogen) atoms. The van der Waals surface area contributed by atoms with E-state index in [0.29, 0.717) is 18.1 Å². The van der Waals surface area contributed by atoms with E-state index in [9.17, 15) is 4.79 Å². The maximum absolute atomic E-state index is 11.8. The molecule has 0 aliphatic heterocycles. The van der Waals surface area contributed by atoms with Crippen LogP contribution in [0.5, 0.6) is 0 Å². The standard InChI is InChI=1S/C15H24O/c1-2-3-4-5-6-10-13-15(16)14-11-8-7-9-12-14/h14H,2-4,7-13H2,1H3. The van der Waals surface area contributed by atoms with E-state index in [1.54, 1.807) is 0 Å². The molecule has 0 bridgehead atoms. The van der Waals surface area contributed by atoms with Crippen molar-refractivity contribution in [2.24, 2.45) is 5.92 Å². The van der Waals surface area contributed by atoms with Crippen LogP contribution >= 0.6 is 0 Å². The first kappa shape index (κ1) is 13.3. The molecule has 1 nitrogen and oxygen atoms in total. The topological polar surface area (TPSA) is 17.1 Å². The number of unbranched alkanes of at least 4 members (excludes halogenated alkanes) is 2. The van der Waals surface area contributed by atoms with Crippen molar-refractivity contribution in [3.05, 3.63) is 0 Å². The van der Waals surface area contributed by atoms with E-state index in [2.05, 4.69) is 18.8 Å². The molecule has 0 saturated heterocycles. The van der Waals surface area contributed by atoms with Crippen molar-refractivity contribution in [2.45, 2.75) is 71.1 Å². The lowest BCUT2D eigenvalue weighted by atomic mass is 9.85. The van der Waals surface area contributed by atoms with E-state index < -0.39 is 0 Å². The maximum atomic E-state index is 11.8. The van der Waals surface area contributed by atoms with Gasteiger partial charge in [-0.15, -0.1) is 11.8 Å². The van der Waals surface area contributed by atoms with Crippen molar-refractivity contribution in [2.75, 3.05) is 0 Å². The lowest BCUT2D eigenvalue weighted by Crippen LogP contribution is -2.17. The van der Waals surface area contributed by atoms with Gasteiger partial charge in [0, 0.05) is 25.2 Å². The minimum absolute atomic E-state index is 0.367. The van der Waals surface area contributed by atoms with Crippen LogP contribution < -0.4 is 0 Å². The molecule has 0 heterocycles. The molecule has 0 spiro atoms. The Labute approximate surface area is 100 Å². The Hall–Kier alpha value is -0.770. The first-order valence-electron chi connectivity index (χ1n) is 6.83. The summed E-state index contributed by atoms with van der Waals surface area (Å²) in [7, 11) is 0. The van der Waals surface area contributed by atoms with Gasteiger partial charge in [0.1, 0.15) is 5.78 Å². The zero-order valence-corrected chi connectivity index (χ0v) is 10.6. The van der Waals surface area contributed by atoms with E-state index in [4.69, 9.17) is 0 Å². The molecule has 0 aromatic carbocycles. The number of ketones is 1. The van der Waals surface area contributed by atoms with Crippen molar-refractivity contribution in [3.63, 3.8) is 0 Å². The van der Waals surface area contributed by atoms with E-state index in [1.807, 2.05) is 0 Å². The average Bonchev–Trinajstić information content (AvgIpc) is 2.34. The molecule has 0 amide bonds. The van der Waals surface area contributed by atoms with Crippen molar-refractivity contribution in [1.82, 2.24) is 0 Å². The third-order valence-electron chi connectivity index (χ3n) is 3.34. The maximum Gasteiger partial charge on any atom is 0.136 e. The monoisotopic (exact) mass is 220 g/mol. The predicted octanol–water partition coefficient (Wildman–Crippen LogP) is 4.11. The van der Waals surface area contributed by atoms with Gasteiger partial charge in [0.25, 0.3) is 0 Å². The van der Waals surface area contributed by atoms with Gasteiger partial charge in [0.05, 0.1) is 0 Å². The number of hydrogen-bond donors (Lipinski definition) is 0. The lowest BCUT2D eigenvalue weighted by Gasteiger charge is -2.19. The van der Waals surface area contributed by atoms with Crippen LogP contribution in [-0.4, -0.2) is 5.78 Å². The highest BCUT2D eigenvalue weighted by molar-refractivity contribution is 5.81. The fourth-order valence-electron chi connectivity index (χ4n) is 2.26. The van der Waals surface area contributed by atoms with Crippen LogP contribution in [0.3, 0.4) is 0 Å². The summed E-state index contributed by atoms with van der Waals surface area (Å²) in [6.07, 6.45) is 10.9. The molecule has 1 fully saturated rings. The Morgan fingerprint density at radius 1 is 1.12 bits per heavy atom. The smallest absolute Gasteiger partial charge is 0.136 e. The zero-order chi connectivity index (χ0) is 11.6. The van der Waals surface area contributed by atoms with Gasteiger partial charge in [0.15, 0.2) is 0 Å². The van der Waals surface area contributed by atoms with Crippen LogP contribution in [-0.2, 0) is 4.79 Å². The molecule has 90 valence electrons. The summed E-state index contributed by atoms with van der Waals surface area (Å²) in [5.74, 6) is 7.09. The Balaban J connectivity index is 2.11. The molecular weight excluding hydrogens is 196 g/mol. The van der Waals surface area contributed by atoms with Gasteiger partial charge in [-0.2, -0.15) is 0 Å². The summed E-state index contributed by atoms with van der Waals surface area (Å²) < 4.78 is 0. The van der Waals surface area contributed by atoms with Crippen LogP contribution in [0.2, 0.25) is 0 Å². The summed E-state index contributed by atoms with van der Waals surface area (Å²) in [6, 6.07) is 0. The van der Waals surface area contributed by atoms with Crippen LogP contribution in [0.1, 0.15) is 71.1 Å². The second kappa shape index (κ2) is 8.39. The Kier molecular flexibility index (Phi) is 6.97. The zero-order valence-electron chi connectivity index (χ0n) is 10.6. The first-order chi connectivity index (χ1) is 7.84. The van der Waals surface area contributed by atoms with E-state index in [1.165, 1.54) is 32.1 Å². The van der Waals surface area contributed by atoms with Gasteiger partial charge >= 0.3 is 0 Å². The number of rotatable bonds is 5. The highest BCUT2D eigenvalue weighted by atomic mass is 16.1. The van der Waals surface area contributed by atoms with Crippen LogP contribution in [0.4, 0.5) is 0 Å². The van der Waals surface area contributed by atoms with Gasteiger partial charge in [-0.05, 0) is 19.3 Å². The molecule has 1 saturated carbocycles. The largest absolute Gasteiger partial charge is 0.299 e. The SMILES string of the molecule is CCCCC#CCCC(=O)C1CCCCC1. The molecule has 1 aliphatic carbocycles. The fraction of sp³-hybridized carbons (Fsp3) is 0.800. The third-order valence-corrected chi connectivity index (χ3v) is 3.34. The van der Waals surface area contributed by atoms with E-state index in [-0.39, 0.29) is 0 Å². The summed E-state index contributed by atoms with van der Waals surface area (Å²) in [6.45, 7) is 2.17. The average molecular weight is 220 g/mol. The van der Waals surface area contributed by atoms with Crippen molar-refractivity contribution >= 4 is 5.78 Å². The molecule has 1 rings (SSSR count). The molecule has 0 atom stereocenters. The molecule has 0 N–H and O–H groups in total. The third kappa shape index (κ3) is 5.35. The molecule has 1 aliphatic rings. The van der Waals surface area contributed by atoms with Crippen LogP contribution in [0, 0.1) is 17.8 Å². The normalized spacial score (nSPS) is 16.6. The van der Waals surface area contributed by atoms with Gasteiger partial charge < -0.3 is 0 Å². The summed E-state index contributed by atoms with van der Waals surface area (Å²) in [4.78, 5) is 11.8. The quantitative estimate of drug-likeness (QED) is 0.503. The summed E-state index contributed by atoms with van der Waals surface area (Å²) in [5, 5.41) is 0. The Morgan fingerprint density at radius 2 is 1.81 bits per heavy atom. The number of hydrogen-bond acceptors (Lipinski definition) is 1. The fourth-order valence-corrected chi connectivity index (χ4v) is 2.26. The number of carbonyl (C=O) groups is 1. The van der Waals surface area contributed by atoms with E-state index in [0.717, 1.165) is 25.7 Å². The highest BCUT2D eigenvalue weighted by Crippen LogP contribution is 2.25. The Morgan fingerprint density at radius 3 is 2.50 bits per heavy atom. The van der Waals surface area contributed by atoms with Gasteiger partial charge in [0.2, 0.25) is 0 Å².